The third-order valence-corrected chi connectivity index (χ3v) is 2.71. The average Bonchev–Trinajstić information content (AvgIpc) is 2.39. The van der Waals surface area contributed by atoms with Crippen molar-refractivity contribution in [1.82, 2.24) is 5.32 Å². The number of aliphatic hydroxyl groups excluding tert-OH is 1. The van der Waals surface area contributed by atoms with Crippen LogP contribution < -0.4 is 15.4 Å². The summed E-state index contributed by atoms with van der Waals surface area (Å²) in [6, 6.07) is 3.60. The van der Waals surface area contributed by atoms with Crippen molar-refractivity contribution in [3.63, 3.8) is 0 Å². The molecule has 0 aliphatic carbocycles. The minimum atomic E-state index is -2.92. The fraction of sp³-hybridized carbons (Fsp3) is 0.462. The van der Waals surface area contributed by atoms with E-state index in [0.717, 1.165) is 0 Å². The summed E-state index contributed by atoms with van der Waals surface area (Å²) in [5.41, 5.74) is 0.870. The average molecular weight is 288 g/mol. The summed E-state index contributed by atoms with van der Waals surface area (Å²) < 4.78 is 28.8. The number of benzene rings is 1. The Hall–Kier alpha value is -1.89. The molecule has 2 amide bonds. The van der Waals surface area contributed by atoms with Crippen LogP contribution in [0.2, 0.25) is 0 Å². The van der Waals surface area contributed by atoms with Crippen LogP contribution in [0.3, 0.4) is 0 Å². The third-order valence-electron chi connectivity index (χ3n) is 2.71. The van der Waals surface area contributed by atoms with Gasteiger partial charge in [0.2, 0.25) is 0 Å². The maximum absolute atomic E-state index is 12.2. The minimum Gasteiger partial charge on any atom is -0.434 e. The van der Waals surface area contributed by atoms with Gasteiger partial charge in [-0.05, 0) is 25.0 Å². The second-order valence-corrected chi connectivity index (χ2v) is 4.24. The number of anilines is 1. The first kappa shape index (κ1) is 16.2. The van der Waals surface area contributed by atoms with E-state index in [9.17, 15) is 13.6 Å². The second kappa shape index (κ2) is 7.64. The lowest BCUT2D eigenvalue weighted by atomic mass is 10.2. The molecular weight excluding hydrogens is 270 g/mol. The number of carbonyl (C=O) groups excluding carboxylic acids is 1. The van der Waals surface area contributed by atoms with Gasteiger partial charge in [0.15, 0.2) is 0 Å². The lowest BCUT2D eigenvalue weighted by Crippen LogP contribution is -2.39. The number of ether oxygens (including phenoxy) is 1. The number of aryl methyl sites for hydroxylation is 1. The van der Waals surface area contributed by atoms with Gasteiger partial charge in [-0.25, -0.2) is 4.79 Å². The Morgan fingerprint density at radius 1 is 1.45 bits per heavy atom. The molecular formula is C13H18F2N2O3. The Morgan fingerprint density at radius 3 is 2.70 bits per heavy atom. The van der Waals surface area contributed by atoms with E-state index in [0.29, 0.717) is 17.7 Å². The summed E-state index contributed by atoms with van der Waals surface area (Å²) in [6.07, 6.45) is 0.581. The monoisotopic (exact) mass is 288 g/mol. The fourth-order valence-corrected chi connectivity index (χ4v) is 1.53. The highest BCUT2D eigenvalue weighted by Gasteiger charge is 2.11. The molecule has 20 heavy (non-hydrogen) atoms. The molecule has 0 spiro atoms. The summed E-state index contributed by atoms with van der Waals surface area (Å²) in [6.45, 7) is 0.358. The molecule has 0 fully saturated rings. The van der Waals surface area contributed by atoms with Crippen LogP contribution in [0.15, 0.2) is 18.2 Å². The maximum Gasteiger partial charge on any atom is 0.387 e. The molecule has 5 nitrogen and oxygen atoms in total. The molecule has 0 radical (unpaired) electrons. The largest absolute Gasteiger partial charge is 0.434 e. The van der Waals surface area contributed by atoms with Crippen LogP contribution in [0, 0.1) is 6.92 Å². The Bertz CT molecular complexity index is 451. The van der Waals surface area contributed by atoms with E-state index in [4.69, 9.17) is 5.11 Å². The molecule has 0 aliphatic rings. The van der Waals surface area contributed by atoms with Crippen LogP contribution in [0.25, 0.3) is 0 Å². The smallest absolute Gasteiger partial charge is 0.387 e. The van der Waals surface area contributed by atoms with Gasteiger partial charge in [-0.3, -0.25) is 0 Å². The zero-order valence-corrected chi connectivity index (χ0v) is 11.3. The molecule has 0 bridgehead atoms. The van der Waals surface area contributed by atoms with Crippen molar-refractivity contribution in [3.05, 3.63) is 23.8 Å². The number of hydrogen-bond donors (Lipinski definition) is 3. The molecule has 1 aromatic rings. The number of aliphatic hydroxyl groups is 1. The molecule has 0 saturated carbocycles. The summed E-state index contributed by atoms with van der Waals surface area (Å²) in [5, 5.41) is 14.0. The molecule has 1 atom stereocenters. The molecule has 1 unspecified atom stereocenters. The van der Waals surface area contributed by atoms with Crippen molar-refractivity contribution in [1.29, 1.82) is 0 Å². The fourth-order valence-electron chi connectivity index (χ4n) is 1.53. The van der Waals surface area contributed by atoms with Crippen LogP contribution in [-0.2, 0) is 0 Å². The van der Waals surface area contributed by atoms with Gasteiger partial charge in [-0.15, -0.1) is 0 Å². The van der Waals surface area contributed by atoms with Crippen molar-refractivity contribution in [3.8, 4) is 5.75 Å². The molecule has 3 N–H and O–H groups in total. The quantitative estimate of drug-likeness (QED) is 0.753. The van der Waals surface area contributed by atoms with Crippen LogP contribution >= 0.6 is 0 Å². The Kier molecular flexibility index (Phi) is 6.17. The lowest BCUT2D eigenvalue weighted by molar-refractivity contribution is -0.0502. The van der Waals surface area contributed by atoms with Gasteiger partial charge >= 0.3 is 12.6 Å². The molecule has 112 valence electrons. The standard InChI is InChI=1S/C13H18F2N2O3/c1-3-9(7-18)16-13(19)17-10-5-4-8(2)11(6-10)20-12(14)15/h4-6,9,12,18H,3,7H2,1-2H3,(H2,16,17,19). The highest BCUT2D eigenvalue weighted by molar-refractivity contribution is 5.89. The van der Waals surface area contributed by atoms with Gasteiger partial charge in [0.05, 0.1) is 12.6 Å². The highest BCUT2D eigenvalue weighted by Crippen LogP contribution is 2.24. The first-order valence-corrected chi connectivity index (χ1v) is 6.20. The number of carbonyl (C=O) groups is 1. The lowest BCUT2D eigenvalue weighted by Gasteiger charge is -2.15. The number of amides is 2. The molecule has 1 aromatic carbocycles. The van der Waals surface area contributed by atoms with Crippen LogP contribution in [0.1, 0.15) is 18.9 Å². The van der Waals surface area contributed by atoms with Crippen molar-refractivity contribution in [2.45, 2.75) is 32.9 Å². The Balaban J connectivity index is 2.70. The summed E-state index contributed by atoms with van der Waals surface area (Å²) in [4.78, 5) is 11.6. The number of urea groups is 1. The van der Waals surface area contributed by atoms with Crippen LogP contribution in [0.4, 0.5) is 19.3 Å². The van der Waals surface area contributed by atoms with E-state index < -0.39 is 12.6 Å². The van der Waals surface area contributed by atoms with Gasteiger partial charge in [-0.2, -0.15) is 8.78 Å². The van der Waals surface area contributed by atoms with Gasteiger partial charge in [0.25, 0.3) is 0 Å². The number of hydrogen-bond acceptors (Lipinski definition) is 3. The zero-order chi connectivity index (χ0) is 15.1. The molecule has 0 aromatic heterocycles. The Morgan fingerprint density at radius 2 is 2.15 bits per heavy atom. The molecule has 0 aliphatic heterocycles. The minimum absolute atomic E-state index is 0.00648. The van der Waals surface area contributed by atoms with Crippen molar-refractivity contribution in [2.24, 2.45) is 0 Å². The SMILES string of the molecule is CCC(CO)NC(=O)Nc1ccc(C)c(OC(F)F)c1. The van der Waals surface area contributed by atoms with Crippen LogP contribution in [-0.4, -0.2) is 30.4 Å². The number of nitrogens with one attached hydrogen (secondary N) is 2. The molecule has 7 heteroatoms. The second-order valence-electron chi connectivity index (χ2n) is 4.24. The van der Waals surface area contributed by atoms with E-state index in [1.165, 1.54) is 6.07 Å². The summed E-state index contributed by atoms with van der Waals surface area (Å²) >= 11 is 0. The number of alkyl halides is 2. The zero-order valence-electron chi connectivity index (χ0n) is 11.3. The van der Waals surface area contributed by atoms with Crippen molar-refractivity contribution < 1.29 is 23.4 Å². The molecule has 1 rings (SSSR count). The number of rotatable bonds is 6. The van der Waals surface area contributed by atoms with Crippen molar-refractivity contribution >= 4 is 11.7 Å². The first-order valence-electron chi connectivity index (χ1n) is 6.20. The first-order chi connectivity index (χ1) is 9.46. The predicted molar refractivity (Wildman–Crippen MR) is 71.1 cm³/mol. The van der Waals surface area contributed by atoms with Gasteiger partial charge in [0.1, 0.15) is 5.75 Å². The predicted octanol–water partition coefficient (Wildman–Crippen LogP) is 2.49. The molecule has 0 saturated heterocycles. The normalized spacial score (nSPS) is 12.1. The van der Waals surface area contributed by atoms with E-state index in [-0.39, 0.29) is 18.4 Å². The van der Waals surface area contributed by atoms with Crippen molar-refractivity contribution in [2.75, 3.05) is 11.9 Å². The van der Waals surface area contributed by atoms with E-state index in [2.05, 4.69) is 15.4 Å². The Labute approximate surface area is 115 Å². The highest BCUT2D eigenvalue weighted by atomic mass is 19.3. The third kappa shape index (κ3) is 5.00. The molecule has 0 heterocycles. The van der Waals surface area contributed by atoms with E-state index in [1.807, 2.05) is 6.92 Å². The van der Waals surface area contributed by atoms with Gasteiger partial charge in [0, 0.05) is 11.8 Å². The maximum atomic E-state index is 12.2. The number of halogens is 2. The van der Waals surface area contributed by atoms with Gasteiger partial charge < -0.3 is 20.5 Å². The van der Waals surface area contributed by atoms with E-state index >= 15 is 0 Å². The van der Waals surface area contributed by atoms with E-state index in [1.54, 1.807) is 19.1 Å². The summed E-state index contributed by atoms with van der Waals surface area (Å²) in [7, 11) is 0. The van der Waals surface area contributed by atoms with Crippen LogP contribution in [0.5, 0.6) is 5.75 Å². The summed E-state index contributed by atoms with van der Waals surface area (Å²) in [5.74, 6) is 0.00648. The van der Waals surface area contributed by atoms with Gasteiger partial charge in [-0.1, -0.05) is 13.0 Å². The topological polar surface area (TPSA) is 70.6 Å².